The van der Waals surface area contributed by atoms with Gasteiger partial charge in [-0.1, -0.05) is 0 Å². The number of ketones is 1. The average molecular weight is 184 g/mol. The van der Waals surface area contributed by atoms with Crippen molar-refractivity contribution < 1.29 is 14.3 Å². The summed E-state index contributed by atoms with van der Waals surface area (Å²) in [7, 11) is 0. The quantitative estimate of drug-likeness (QED) is 0.613. The molecule has 0 aromatic carbocycles. The smallest absolute Gasteiger partial charge is 0.312 e. The SMILES string of the molecule is CC(=O)C1(OC(=O)C(C)(C)C)CC1. The summed E-state index contributed by atoms with van der Waals surface area (Å²) in [4.78, 5) is 22.6. The lowest BCUT2D eigenvalue weighted by Crippen LogP contribution is -2.33. The van der Waals surface area contributed by atoms with E-state index in [-0.39, 0.29) is 11.8 Å². The Morgan fingerprint density at radius 3 is 1.92 bits per heavy atom. The van der Waals surface area contributed by atoms with E-state index >= 15 is 0 Å². The Kier molecular flexibility index (Phi) is 2.22. The van der Waals surface area contributed by atoms with Gasteiger partial charge in [0.2, 0.25) is 0 Å². The molecule has 0 N–H and O–H groups in total. The second-order valence-electron chi connectivity index (χ2n) is 4.69. The van der Waals surface area contributed by atoms with E-state index in [0.717, 1.165) is 0 Å². The van der Waals surface area contributed by atoms with Gasteiger partial charge in [0.05, 0.1) is 5.41 Å². The van der Waals surface area contributed by atoms with Crippen LogP contribution in [0.1, 0.15) is 40.5 Å². The predicted molar refractivity (Wildman–Crippen MR) is 48.2 cm³/mol. The third-order valence-corrected chi connectivity index (χ3v) is 2.25. The van der Waals surface area contributed by atoms with E-state index in [1.54, 1.807) is 20.8 Å². The van der Waals surface area contributed by atoms with Gasteiger partial charge in [0.15, 0.2) is 11.4 Å². The molecular weight excluding hydrogens is 168 g/mol. The largest absolute Gasteiger partial charge is 0.451 e. The Morgan fingerprint density at radius 2 is 1.69 bits per heavy atom. The zero-order valence-electron chi connectivity index (χ0n) is 8.64. The van der Waals surface area contributed by atoms with Crippen molar-refractivity contribution >= 4 is 11.8 Å². The lowest BCUT2D eigenvalue weighted by molar-refractivity contribution is -0.165. The molecule has 3 nitrogen and oxygen atoms in total. The van der Waals surface area contributed by atoms with Gasteiger partial charge in [0.1, 0.15) is 0 Å². The molecule has 1 fully saturated rings. The van der Waals surface area contributed by atoms with Gasteiger partial charge in [0, 0.05) is 0 Å². The molecule has 0 atom stereocenters. The van der Waals surface area contributed by atoms with Crippen molar-refractivity contribution in [3.63, 3.8) is 0 Å². The average Bonchev–Trinajstić information content (AvgIpc) is 2.66. The van der Waals surface area contributed by atoms with E-state index in [9.17, 15) is 9.59 Å². The fourth-order valence-electron chi connectivity index (χ4n) is 0.970. The van der Waals surface area contributed by atoms with Crippen LogP contribution in [0.15, 0.2) is 0 Å². The third-order valence-electron chi connectivity index (χ3n) is 2.25. The first-order valence-corrected chi connectivity index (χ1v) is 4.52. The summed E-state index contributed by atoms with van der Waals surface area (Å²) in [5.41, 5.74) is -1.28. The Morgan fingerprint density at radius 1 is 1.23 bits per heavy atom. The Balaban J connectivity index is 2.60. The van der Waals surface area contributed by atoms with Crippen LogP contribution in [0.2, 0.25) is 0 Å². The zero-order valence-corrected chi connectivity index (χ0v) is 8.64. The maximum absolute atomic E-state index is 11.5. The first-order chi connectivity index (χ1) is 5.78. The molecule has 0 bridgehead atoms. The standard InChI is InChI=1S/C10H16O3/c1-7(11)10(5-6-10)13-8(12)9(2,3)4/h5-6H2,1-4H3. The lowest BCUT2D eigenvalue weighted by atomic mass is 9.97. The monoisotopic (exact) mass is 184 g/mol. The molecule has 74 valence electrons. The van der Waals surface area contributed by atoms with Crippen LogP contribution in [0.5, 0.6) is 0 Å². The Hall–Kier alpha value is -0.860. The molecule has 1 aliphatic carbocycles. The van der Waals surface area contributed by atoms with Crippen LogP contribution in [-0.2, 0) is 14.3 Å². The molecule has 1 rings (SSSR count). The number of carbonyl (C=O) groups is 2. The number of esters is 1. The fraction of sp³-hybridized carbons (Fsp3) is 0.800. The highest BCUT2D eigenvalue weighted by molar-refractivity contribution is 5.91. The maximum Gasteiger partial charge on any atom is 0.312 e. The van der Waals surface area contributed by atoms with Crippen molar-refractivity contribution in [3.8, 4) is 0 Å². The van der Waals surface area contributed by atoms with Gasteiger partial charge >= 0.3 is 5.97 Å². The molecule has 0 aliphatic heterocycles. The van der Waals surface area contributed by atoms with Crippen LogP contribution >= 0.6 is 0 Å². The van der Waals surface area contributed by atoms with Gasteiger partial charge in [-0.25, -0.2) is 0 Å². The van der Waals surface area contributed by atoms with E-state index < -0.39 is 11.0 Å². The minimum Gasteiger partial charge on any atom is -0.451 e. The van der Waals surface area contributed by atoms with E-state index in [2.05, 4.69) is 0 Å². The topological polar surface area (TPSA) is 43.4 Å². The van der Waals surface area contributed by atoms with Crippen LogP contribution in [0.25, 0.3) is 0 Å². The lowest BCUT2D eigenvalue weighted by Gasteiger charge is -2.21. The second-order valence-corrected chi connectivity index (χ2v) is 4.69. The number of rotatable bonds is 2. The highest BCUT2D eigenvalue weighted by atomic mass is 16.6. The van der Waals surface area contributed by atoms with Gasteiger partial charge in [-0.05, 0) is 40.5 Å². The maximum atomic E-state index is 11.5. The van der Waals surface area contributed by atoms with Crippen LogP contribution < -0.4 is 0 Å². The molecule has 0 amide bonds. The molecule has 3 heteroatoms. The number of carbonyl (C=O) groups excluding carboxylic acids is 2. The van der Waals surface area contributed by atoms with Crippen molar-refractivity contribution in [1.29, 1.82) is 0 Å². The van der Waals surface area contributed by atoms with Gasteiger partial charge in [-0.3, -0.25) is 9.59 Å². The highest BCUT2D eigenvalue weighted by Crippen LogP contribution is 2.41. The molecule has 1 saturated carbocycles. The zero-order chi connectivity index (χ0) is 10.3. The van der Waals surface area contributed by atoms with Crippen molar-refractivity contribution in [3.05, 3.63) is 0 Å². The normalized spacial score (nSPS) is 19.4. The van der Waals surface area contributed by atoms with E-state index in [1.165, 1.54) is 6.92 Å². The van der Waals surface area contributed by atoms with Gasteiger partial charge < -0.3 is 4.74 Å². The summed E-state index contributed by atoms with van der Waals surface area (Å²) in [6, 6.07) is 0. The highest BCUT2D eigenvalue weighted by Gasteiger charge is 2.52. The molecule has 0 heterocycles. The van der Waals surface area contributed by atoms with Gasteiger partial charge in [-0.15, -0.1) is 0 Å². The molecule has 0 spiro atoms. The summed E-state index contributed by atoms with van der Waals surface area (Å²) in [6.45, 7) is 6.82. The second kappa shape index (κ2) is 2.82. The number of hydrogen-bond donors (Lipinski definition) is 0. The Bertz CT molecular complexity index is 243. The molecule has 0 unspecified atom stereocenters. The third kappa shape index (κ3) is 2.08. The molecule has 1 aliphatic rings. The van der Waals surface area contributed by atoms with E-state index in [1.807, 2.05) is 0 Å². The van der Waals surface area contributed by atoms with Crippen LogP contribution in [0.3, 0.4) is 0 Å². The van der Waals surface area contributed by atoms with Crippen molar-refractivity contribution in [2.75, 3.05) is 0 Å². The summed E-state index contributed by atoms with van der Waals surface area (Å²) in [5.74, 6) is -0.328. The van der Waals surface area contributed by atoms with Gasteiger partial charge in [0.25, 0.3) is 0 Å². The predicted octanol–water partition coefficient (Wildman–Crippen LogP) is 1.70. The molecule has 0 saturated heterocycles. The summed E-state index contributed by atoms with van der Waals surface area (Å²) >= 11 is 0. The number of ether oxygens (including phenoxy) is 1. The summed E-state index contributed by atoms with van der Waals surface area (Å²) in [5, 5.41) is 0. The van der Waals surface area contributed by atoms with Crippen LogP contribution in [0.4, 0.5) is 0 Å². The van der Waals surface area contributed by atoms with Crippen molar-refractivity contribution in [2.45, 2.75) is 46.1 Å². The Labute approximate surface area is 78.5 Å². The first kappa shape index (κ1) is 10.2. The van der Waals surface area contributed by atoms with E-state index in [0.29, 0.717) is 12.8 Å². The minimum absolute atomic E-state index is 0.0369. The summed E-state index contributed by atoms with van der Waals surface area (Å²) in [6.07, 6.45) is 1.37. The van der Waals surface area contributed by atoms with Gasteiger partial charge in [-0.2, -0.15) is 0 Å². The van der Waals surface area contributed by atoms with Crippen molar-refractivity contribution in [1.82, 2.24) is 0 Å². The fourth-order valence-corrected chi connectivity index (χ4v) is 0.970. The first-order valence-electron chi connectivity index (χ1n) is 4.52. The van der Waals surface area contributed by atoms with E-state index in [4.69, 9.17) is 4.74 Å². The van der Waals surface area contributed by atoms with Crippen LogP contribution in [0, 0.1) is 5.41 Å². The molecule has 13 heavy (non-hydrogen) atoms. The molecule has 0 aromatic heterocycles. The molecular formula is C10H16O3. The van der Waals surface area contributed by atoms with Crippen LogP contribution in [-0.4, -0.2) is 17.4 Å². The number of hydrogen-bond acceptors (Lipinski definition) is 3. The van der Waals surface area contributed by atoms with Crippen molar-refractivity contribution in [2.24, 2.45) is 5.41 Å². The summed E-state index contributed by atoms with van der Waals surface area (Å²) < 4.78 is 5.19. The molecule has 0 radical (unpaired) electrons. The number of Topliss-reactive ketones (excluding diaryl/α,β-unsaturated/α-hetero) is 1. The molecule has 0 aromatic rings. The minimum atomic E-state index is -0.760.